The number of anilines is 1. The highest BCUT2D eigenvalue weighted by molar-refractivity contribution is 5.88. The van der Waals surface area contributed by atoms with Gasteiger partial charge in [0.15, 0.2) is 0 Å². The lowest BCUT2D eigenvalue weighted by molar-refractivity contribution is 0.0696. The monoisotopic (exact) mass is 341 g/mol. The Bertz CT molecular complexity index is 743. The van der Waals surface area contributed by atoms with Gasteiger partial charge in [-0.05, 0) is 17.7 Å². The van der Waals surface area contributed by atoms with E-state index in [0.29, 0.717) is 32.0 Å². The van der Waals surface area contributed by atoms with E-state index in [1.807, 2.05) is 35.2 Å². The number of carbonyl (C=O) groups excluding carboxylic acids is 1. The maximum absolute atomic E-state index is 12.1. The minimum atomic E-state index is -0.980. The lowest BCUT2D eigenvalue weighted by Crippen LogP contribution is -2.49. The first-order valence-electron chi connectivity index (χ1n) is 8.03. The molecule has 0 saturated carbocycles. The van der Waals surface area contributed by atoms with Crippen LogP contribution in [0, 0.1) is 0 Å². The number of ether oxygens (including phenoxy) is 1. The Labute approximate surface area is 145 Å². The number of rotatable bonds is 4. The summed E-state index contributed by atoms with van der Waals surface area (Å²) in [7, 11) is 0. The molecule has 0 aliphatic carbocycles. The zero-order valence-electron chi connectivity index (χ0n) is 13.7. The summed E-state index contributed by atoms with van der Waals surface area (Å²) < 4.78 is 5.33. The van der Waals surface area contributed by atoms with Crippen molar-refractivity contribution < 1.29 is 19.4 Å². The molecule has 2 heterocycles. The van der Waals surface area contributed by atoms with E-state index in [9.17, 15) is 9.59 Å². The molecule has 1 aliphatic heterocycles. The Kier molecular flexibility index (Phi) is 5.13. The van der Waals surface area contributed by atoms with Crippen molar-refractivity contribution in [3.8, 4) is 0 Å². The quantitative estimate of drug-likeness (QED) is 0.918. The minimum absolute atomic E-state index is 0.203. The lowest BCUT2D eigenvalue weighted by atomic mass is 10.2. The van der Waals surface area contributed by atoms with Crippen molar-refractivity contribution in [2.24, 2.45) is 0 Å². The average Bonchev–Trinajstić information content (AvgIpc) is 2.67. The molecule has 130 valence electrons. The summed E-state index contributed by atoms with van der Waals surface area (Å²) in [6.45, 7) is 2.42. The van der Waals surface area contributed by atoms with E-state index >= 15 is 0 Å². The number of pyridine rings is 1. The highest BCUT2D eigenvalue weighted by Crippen LogP contribution is 2.16. The van der Waals surface area contributed by atoms with Gasteiger partial charge in [-0.2, -0.15) is 0 Å². The first-order valence-corrected chi connectivity index (χ1v) is 8.03. The molecular formula is C18H19N3O4. The van der Waals surface area contributed by atoms with E-state index in [1.165, 1.54) is 12.3 Å². The summed E-state index contributed by atoms with van der Waals surface area (Å²) in [4.78, 5) is 31.0. The predicted molar refractivity (Wildman–Crippen MR) is 91.6 cm³/mol. The molecule has 1 aromatic carbocycles. The van der Waals surface area contributed by atoms with Crippen LogP contribution in [-0.4, -0.2) is 53.2 Å². The summed E-state index contributed by atoms with van der Waals surface area (Å²) in [5.41, 5.74) is 1.15. The fraction of sp³-hybridized carbons (Fsp3) is 0.278. The van der Waals surface area contributed by atoms with E-state index in [-0.39, 0.29) is 18.3 Å². The zero-order valence-corrected chi connectivity index (χ0v) is 13.7. The van der Waals surface area contributed by atoms with Crippen LogP contribution in [0.1, 0.15) is 15.9 Å². The average molecular weight is 341 g/mol. The van der Waals surface area contributed by atoms with Crippen molar-refractivity contribution >= 4 is 17.9 Å². The third-order valence-corrected chi connectivity index (χ3v) is 4.06. The second-order valence-electron chi connectivity index (χ2n) is 5.72. The molecule has 0 bridgehead atoms. The number of amides is 1. The van der Waals surface area contributed by atoms with Crippen LogP contribution in [0.2, 0.25) is 0 Å². The van der Waals surface area contributed by atoms with Crippen molar-refractivity contribution in [3.05, 3.63) is 59.8 Å². The van der Waals surface area contributed by atoms with Gasteiger partial charge < -0.3 is 19.6 Å². The second kappa shape index (κ2) is 7.65. The van der Waals surface area contributed by atoms with Crippen molar-refractivity contribution in [2.45, 2.75) is 6.61 Å². The van der Waals surface area contributed by atoms with Gasteiger partial charge in [0.2, 0.25) is 0 Å². The number of carboxylic acid groups (broad SMARTS) is 1. The van der Waals surface area contributed by atoms with Gasteiger partial charge in [-0.25, -0.2) is 14.6 Å². The summed E-state index contributed by atoms with van der Waals surface area (Å²) >= 11 is 0. The molecule has 0 spiro atoms. The van der Waals surface area contributed by atoms with E-state index in [2.05, 4.69) is 4.98 Å². The molecule has 0 radical (unpaired) electrons. The Hall–Kier alpha value is -3.09. The predicted octanol–water partition coefficient (Wildman–Crippen LogP) is 2.24. The molecule has 0 atom stereocenters. The summed E-state index contributed by atoms with van der Waals surface area (Å²) in [5.74, 6) is -0.371. The molecule has 3 rings (SSSR count). The molecule has 1 aromatic heterocycles. The smallest absolute Gasteiger partial charge is 0.410 e. The van der Waals surface area contributed by atoms with E-state index in [4.69, 9.17) is 9.84 Å². The molecule has 1 fully saturated rings. The van der Waals surface area contributed by atoms with Crippen LogP contribution < -0.4 is 4.90 Å². The maximum Gasteiger partial charge on any atom is 0.410 e. The van der Waals surface area contributed by atoms with Gasteiger partial charge in [0.1, 0.15) is 12.4 Å². The van der Waals surface area contributed by atoms with Crippen molar-refractivity contribution in [1.82, 2.24) is 9.88 Å². The summed E-state index contributed by atoms with van der Waals surface area (Å²) in [6.07, 6.45) is 1.15. The van der Waals surface area contributed by atoms with E-state index in [0.717, 1.165) is 5.56 Å². The van der Waals surface area contributed by atoms with Crippen molar-refractivity contribution in [2.75, 3.05) is 31.1 Å². The third-order valence-electron chi connectivity index (χ3n) is 4.06. The molecule has 0 unspecified atom stereocenters. The topological polar surface area (TPSA) is 83.0 Å². The van der Waals surface area contributed by atoms with Gasteiger partial charge in [-0.15, -0.1) is 0 Å². The number of hydrogen-bond acceptors (Lipinski definition) is 5. The number of hydrogen-bond donors (Lipinski definition) is 1. The number of benzene rings is 1. The van der Waals surface area contributed by atoms with Crippen LogP contribution in [0.15, 0.2) is 48.7 Å². The molecule has 7 heteroatoms. The van der Waals surface area contributed by atoms with E-state index < -0.39 is 5.97 Å². The fourth-order valence-electron chi connectivity index (χ4n) is 2.65. The minimum Gasteiger partial charge on any atom is -0.478 e. The molecule has 2 aromatic rings. The normalized spacial score (nSPS) is 14.2. The Morgan fingerprint density at radius 3 is 2.48 bits per heavy atom. The van der Waals surface area contributed by atoms with E-state index in [1.54, 1.807) is 11.0 Å². The number of aromatic nitrogens is 1. The SMILES string of the molecule is O=C(O)c1ccnc(N2CCN(C(=O)OCc3ccccc3)CC2)c1. The Morgan fingerprint density at radius 2 is 1.80 bits per heavy atom. The van der Waals surface area contributed by atoms with Crippen molar-refractivity contribution in [3.63, 3.8) is 0 Å². The molecule has 7 nitrogen and oxygen atoms in total. The van der Waals surface area contributed by atoms with Crippen LogP contribution in [0.25, 0.3) is 0 Å². The number of carbonyl (C=O) groups is 2. The van der Waals surface area contributed by atoms with Gasteiger partial charge in [-0.3, -0.25) is 0 Å². The summed E-state index contributed by atoms with van der Waals surface area (Å²) in [5, 5.41) is 9.06. The van der Waals surface area contributed by atoms with Gasteiger partial charge in [-0.1, -0.05) is 30.3 Å². The molecule has 1 amide bonds. The first-order chi connectivity index (χ1) is 12.1. The van der Waals surface area contributed by atoms with Crippen LogP contribution in [0.4, 0.5) is 10.6 Å². The highest BCUT2D eigenvalue weighted by Gasteiger charge is 2.23. The number of piperazine rings is 1. The van der Waals surface area contributed by atoms with Gasteiger partial charge in [0, 0.05) is 32.4 Å². The van der Waals surface area contributed by atoms with Crippen molar-refractivity contribution in [1.29, 1.82) is 0 Å². The second-order valence-corrected chi connectivity index (χ2v) is 5.72. The lowest BCUT2D eigenvalue weighted by Gasteiger charge is -2.34. The summed E-state index contributed by atoms with van der Waals surface area (Å²) in [6, 6.07) is 12.5. The zero-order chi connectivity index (χ0) is 17.6. The van der Waals surface area contributed by atoms with Crippen LogP contribution >= 0.6 is 0 Å². The maximum atomic E-state index is 12.1. The Morgan fingerprint density at radius 1 is 1.08 bits per heavy atom. The Balaban J connectivity index is 1.52. The molecular weight excluding hydrogens is 322 g/mol. The van der Waals surface area contributed by atoms with Crippen LogP contribution in [0.3, 0.4) is 0 Å². The van der Waals surface area contributed by atoms with Crippen LogP contribution in [0.5, 0.6) is 0 Å². The van der Waals surface area contributed by atoms with Gasteiger partial charge in [0.25, 0.3) is 0 Å². The molecule has 1 N–H and O–H groups in total. The van der Waals surface area contributed by atoms with Gasteiger partial charge >= 0.3 is 12.1 Å². The van der Waals surface area contributed by atoms with Gasteiger partial charge in [0.05, 0.1) is 5.56 Å². The number of carboxylic acids is 1. The number of aromatic carboxylic acids is 1. The molecule has 25 heavy (non-hydrogen) atoms. The molecule has 1 saturated heterocycles. The fourth-order valence-corrected chi connectivity index (χ4v) is 2.65. The molecule has 1 aliphatic rings. The number of nitrogens with zero attached hydrogens (tertiary/aromatic N) is 3. The first kappa shape index (κ1) is 16.8. The van der Waals surface area contributed by atoms with Crippen LogP contribution in [-0.2, 0) is 11.3 Å². The highest BCUT2D eigenvalue weighted by atomic mass is 16.6. The largest absolute Gasteiger partial charge is 0.478 e. The standard InChI is InChI=1S/C18H19N3O4/c22-17(23)15-6-7-19-16(12-15)20-8-10-21(11-9-20)18(24)25-13-14-4-2-1-3-5-14/h1-7,12H,8-11,13H2,(H,22,23). The third kappa shape index (κ3) is 4.26.